The Kier molecular flexibility index (Phi) is 7.15. The van der Waals surface area contributed by atoms with Gasteiger partial charge in [0.25, 0.3) is 0 Å². The lowest BCUT2D eigenvalue weighted by Crippen LogP contribution is -2.47. The van der Waals surface area contributed by atoms with E-state index in [0.29, 0.717) is 24.1 Å². The number of likely N-dealkylation sites (tertiary alicyclic amines) is 1. The summed E-state index contributed by atoms with van der Waals surface area (Å²) in [5, 5.41) is 0. The van der Waals surface area contributed by atoms with Crippen molar-refractivity contribution in [3.8, 4) is 0 Å². The van der Waals surface area contributed by atoms with Crippen LogP contribution in [-0.4, -0.2) is 37.1 Å². The number of piperidine rings is 1. The van der Waals surface area contributed by atoms with Crippen LogP contribution in [0.15, 0.2) is 24.3 Å². The maximum atomic E-state index is 11.4. The van der Waals surface area contributed by atoms with E-state index in [9.17, 15) is 4.79 Å². The van der Waals surface area contributed by atoms with E-state index in [2.05, 4.69) is 11.8 Å². The average molecular weight is 313 g/mol. The molecule has 2 N–H and O–H groups in total. The molecule has 21 heavy (non-hydrogen) atoms. The van der Waals surface area contributed by atoms with Crippen molar-refractivity contribution in [3.05, 3.63) is 35.4 Å². The highest BCUT2D eigenvalue weighted by Gasteiger charge is 2.27. The molecule has 1 fully saturated rings. The van der Waals surface area contributed by atoms with Crippen molar-refractivity contribution in [1.82, 2.24) is 4.90 Å². The Balaban J connectivity index is 0.00000220. The highest BCUT2D eigenvalue weighted by Crippen LogP contribution is 2.24. The highest BCUT2D eigenvalue weighted by atomic mass is 35.5. The van der Waals surface area contributed by atoms with Gasteiger partial charge in [0, 0.05) is 19.1 Å². The molecule has 2 rings (SSSR count). The van der Waals surface area contributed by atoms with Gasteiger partial charge >= 0.3 is 5.97 Å². The van der Waals surface area contributed by atoms with Gasteiger partial charge in [0.1, 0.15) is 0 Å². The summed E-state index contributed by atoms with van der Waals surface area (Å²) < 4.78 is 4.71. The number of halogens is 1. The second-order valence-corrected chi connectivity index (χ2v) is 5.58. The van der Waals surface area contributed by atoms with Crippen LogP contribution in [0.1, 0.15) is 35.7 Å². The molecule has 2 unspecified atom stereocenters. The number of carbonyl (C=O) groups excluding carboxylic acids is 1. The molecule has 1 aromatic rings. The van der Waals surface area contributed by atoms with E-state index < -0.39 is 0 Å². The Morgan fingerprint density at radius 1 is 1.38 bits per heavy atom. The van der Waals surface area contributed by atoms with Crippen molar-refractivity contribution in [2.45, 2.75) is 32.4 Å². The van der Waals surface area contributed by atoms with Crippen molar-refractivity contribution in [1.29, 1.82) is 0 Å². The Hall–Kier alpha value is -1.10. The van der Waals surface area contributed by atoms with Crippen LogP contribution >= 0.6 is 12.4 Å². The van der Waals surface area contributed by atoms with Crippen LogP contribution in [0.25, 0.3) is 0 Å². The van der Waals surface area contributed by atoms with Gasteiger partial charge < -0.3 is 10.5 Å². The molecular weight excluding hydrogens is 288 g/mol. The van der Waals surface area contributed by atoms with Gasteiger partial charge in [-0.05, 0) is 43.0 Å². The minimum absolute atomic E-state index is 0. The third kappa shape index (κ3) is 4.43. The molecule has 1 aliphatic heterocycles. The number of methoxy groups -OCH3 is 1. The minimum Gasteiger partial charge on any atom is -0.465 e. The summed E-state index contributed by atoms with van der Waals surface area (Å²) in [7, 11) is 1.40. The lowest BCUT2D eigenvalue weighted by Gasteiger charge is -2.39. The molecule has 0 bridgehead atoms. The third-order valence-electron chi connectivity index (χ3n) is 4.23. The Morgan fingerprint density at radius 2 is 2.05 bits per heavy atom. The summed E-state index contributed by atoms with van der Waals surface area (Å²) >= 11 is 0. The van der Waals surface area contributed by atoms with E-state index in [1.54, 1.807) is 0 Å². The molecule has 0 amide bonds. The first kappa shape index (κ1) is 18.0. The van der Waals surface area contributed by atoms with Crippen LogP contribution in [0.5, 0.6) is 0 Å². The fourth-order valence-corrected chi connectivity index (χ4v) is 3.01. The molecule has 0 aromatic heterocycles. The molecule has 0 radical (unpaired) electrons. The van der Waals surface area contributed by atoms with Gasteiger partial charge in [-0.15, -0.1) is 12.4 Å². The van der Waals surface area contributed by atoms with Crippen LogP contribution in [0.4, 0.5) is 0 Å². The van der Waals surface area contributed by atoms with E-state index in [-0.39, 0.29) is 18.4 Å². The summed E-state index contributed by atoms with van der Waals surface area (Å²) in [6, 6.07) is 8.11. The van der Waals surface area contributed by atoms with Gasteiger partial charge in [-0.25, -0.2) is 4.79 Å². The zero-order valence-corrected chi connectivity index (χ0v) is 13.6. The summed E-state index contributed by atoms with van der Waals surface area (Å²) in [4.78, 5) is 13.9. The van der Waals surface area contributed by atoms with Crippen molar-refractivity contribution in [3.63, 3.8) is 0 Å². The fraction of sp³-hybridized carbons (Fsp3) is 0.562. The summed E-state index contributed by atoms with van der Waals surface area (Å²) in [5.74, 6) is 0.367. The maximum Gasteiger partial charge on any atom is 0.337 e. The topological polar surface area (TPSA) is 55.6 Å². The molecule has 0 spiro atoms. The van der Waals surface area contributed by atoms with Gasteiger partial charge in [0.15, 0.2) is 0 Å². The molecule has 0 aliphatic carbocycles. The maximum absolute atomic E-state index is 11.4. The second kappa shape index (κ2) is 8.37. The van der Waals surface area contributed by atoms with Gasteiger partial charge in [-0.2, -0.15) is 0 Å². The number of hydrogen-bond acceptors (Lipinski definition) is 4. The number of nitrogens with zero attached hydrogens (tertiary/aromatic N) is 1. The van der Waals surface area contributed by atoms with E-state index in [1.165, 1.54) is 25.5 Å². The monoisotopic (exact) mass is 312 g/mol. The molecular formula is C16H25ClN2O2. The molecule has 1 saturated heterocycles. The first-order chi connectivity index (χ1) is 9.65. The first-order valence-corrected chi connectivity index (χ1v) is 7.27. The molecule has 1 aromatic carbocycles. The molecule has 1 heterocycles. The number of hydrogen-bond donors (Lipinski definition) is 1. The lowest BCUT2D eigenvalue weighted by molar-refractivity contribution is 0.0600. The largest absolute Gasteiger partial charge is 0.465 e. The zero-order valence-electron chi connectivity index (χ0n) is 12.7. The van der Waals surface area contributed by atoms with Gasteiger partial charge in [0.2, 0.25) is 0 Å². The summed E-state index contributed by atoms with van der Waals surface area (Å²) in [6.07, 6.45) is 2.50. The highest BCUT2D eigenvalue weighted by molar-refractivity contribution is 5.89. The molecule has 2 atom stereocenters. The van der Waals surface area contributed by atoms with Crippen LogP contribution < -0.4 is 5.73 Å². The molecule has 118 valence electrons. The standard InChI is InChI=1S/C16H24N2O2.ClH/c1-12-4-3-9-18(15(12)10-17)11-13-5-7-14(8-6-13)16(19)20-2;/h5-8,12,15H,3-4,9-11,17H2,1-2H3;1H. The molecule has 5 heteroatoms. The predicted octanol–water partition coefficient (Wildman–Crippen LogP) is 2.45. The quantitative estimate of drug-likeness (QED) is 0.868. The third-order valence-corrected chi connectivity index (χ3v) is 4.23. The normalized spacial score (nSPS) is 22.4. The van der Waals surface area contributed by atoms with Crippen molar-refractivity contribution in [2.75, 3.05) is 20.2 Å². The fourth-order valence-electron chi connectivity index (χ4n) is 3.01. The lowest BCUT2D eigenvalue weighted by atomic mass is 9.90. The summed E-state index contributed by atoms with van der Waals surface area (Å²) in [5.41, 5.74) is 7.73. The van der Waals surface area contributed by atoms with Crippen LogP contribution in [0.2, 0.25) is 0 Å². The second-order valence-electron chi connectivity index (χ2n) is 5.58. The molecule has 4 nitrogen and oxygen atoms in total. The number of carbonyl (C=O) groups is 1. The van der Waals surface area contributed by atoms with Crippen molar-refractivity contribution < 1.29 is 9.53 Å². The number of nitrogens with two attached hydrogens (primary N) is 1. The van der Waals surface area contributed by atoms with Crippen molar-refractivity contribution >= 4 is 18.4 Å². The van der Waals surface area contributed by atoms with Gasteiger partial charge in [-0.3, -0.25) is 4.90 Å². The zero-order chi connectivity index (χ0) is 14.5. The van der Waals surface area contributed by atoms with Gasteiger partial charge in [0.05, 0.1) is 12.7 Å². The minimum atomic E-state index is -0.289. The van der Waals surface area contributed by atoms with E-state index in [0.717, 1.165) is 13.1 Å². The van der Waals surface area contributed by atoms with E-state index in [4.69, 9.17) is 10.5 Å². The number of esters is 1. The smallest absolute Gasteiger partial charge is 0.337 e. The van der Waals surface area contributed by atoms with Crippen LogP contribution in [0, 0.1) is 5.92 Å². The molecule has 1 aliphatic rings. The Morgan fingerprint density at radius 3 is 2.62 bits per heavy atom. The van der Waals surface area contributed by atoms with Gasteiger partial charge in [-0.1, -0.05) is 19.1 Å². The summed E-state index contributed by atoms with van der Waals surface area (Å²) in [6.45, 7) is 4.99. The predicted molar refractivity (Wildman–Crippen MR) is 86.7 cm³/mol. The Bertz CT molecular complexity index is 450. The first-order valence-electron chi connectivity index (χ1n) is 7.27. The van der Waals surface area contributed by atoms with Crippen LogP contribution in [0.3, 0.4) is 0 Å². The van der Waals surface area contributed by atoms with Crippen molar-refractivity contribution in [2.24, 2.45) is 11.7 Å². The van der Waals surface area contributed by atoms with E-state index >= 15 is 0 Å². The number of rotatable bonds is 4. The molecule has 0 saturated carbocycles. The van der Waals surface area contributed by atoms with E-state index in [1.807, 2.05) is 24.3 Å². The van der Waals surface area contributed by atoms with Crippen LogP contribution in [-0.2, 0) is 11.3 Å². The number of ether oxygens (including phenoxy) is 1. The average Bonchev–Trinajstić information content (AvgIpc) is 2.47. The number of benzene rings is 1. The SMILES string of the molecule is COC(=O)c1ccc(CN2CCCC(C)C2CN)cc1.Cl. The Labute approximate surface area is 133 Å².